The van der Waals surface area contributed by atoms with E-state index in [1.165, 1.54) is 0 Å². The molecule has 0 radical (unpaired) electrons. The van der Waals surface area contributed by atoms with Gasteiger partial charge >= 0.3 is 0 Å². The van der Waals surface area contributed by atoms with Crippen molar-refractivity contribution in [3.63, 3.8) is 0 Å². The minimum Gasteiger partial charge on any atom is -0.323 e. The second-order valence-electron chi connectivity index (χ2n) is 4.04. The van der Waals surface area contributed by atoms with Gasteiger partial charge in [-0.05, 0) is 40.8 Å². The highest BCUT2D eigenvalue weighted by atomic mass is 127. The molecule has 0 aliphatic carbocycles. The number of nitrogens with one attached hydrogen (secondary N) is 1. The van der Waals surface area contributed by atoms with Gasteiger partial charge in [0.25, 0.3) is 0 Å². The largest absolute Gasteiger partial charge is 0.323 e. The lowest BCUT2D eigenvalue weighted by Crippen LogP contribution is -2.27. The van der Waals surface area contributed by atoms with Crippen molar-refractivity contribution in [3.8, 4) is 0 Å². The van der Waals surface area contributed by atoms with Crippen LogP contribution in [0, 0.1) is 3.57 Å². The van der Waals surface area contributed by atoms with E-state index in [-0.39, 0.29) is 5.91 Å². The molecule has 2 rings (SSSR count). The monoisotopic (exact) mass is 390 g/mol. The number of carbonyl (C=O) groups excluding carboxylic acids is 1. The number of rotatable bonds is 3. The molecule has 19 heavy (non-hydrogen) atoms. The van der Waals surface area contributed by atoms with Gasteiger partial charge in [-0.1, -0.05) is 11.6 Å². The molecule has 0 saturated carbocycles. The predicted molar refractivity (Wildman–Crippen MR) is 82.9 cm³/mol. The lowest BCUT2D eigenvalue weighted by molar-refractivity contribution is -0.117. The molecule has 1 aromatic carbocycles. The Bertz CT molecular complexity index is 614. The Morgan fingerprint density at radius 2 is 2.32 bits per heavy atom. The first-order chi connectivity index (χ1) is 8.97. The van der Waals surface area contributed by atoms with Gasteiger partial charge in [0.15, 0.2) is 0 Å². The molecular formula is C12H12ClIN4O. The van der Waals surface area contributed by atoms with Gasteiger partial charge in [0.2, 0.25) is 5.91 Å². The lowest BCUT2D eigenvalue weighted by atomic mass is 10.1. The highest BCUT2D eigenvalue weighted by Gasteiger charge is 2.18. The zero-order chi connectivity index (χ0) is 14.0. The average molecular weight is 391 g/mol. The molecule has 0 spiro atoms. The van der Waals surface area contributed by atoms with E-state index in [4.69, 9.17) is 17.3 Å². The highest BCUT2D eigenvalue weighted by molar-refractivity contribution is 14.1. The van der Waals surface area contributed by atoms with Gasteiger partial charge in [0, 0.05) is 27.4 Å². The number of anilines is 1. The van der Waals surface area contributed by atoms with Crippen LogP contribution in [0.1, 0.15) is 11.6 Å². The zero-order valence-electron chi connectivity index (χ0n) is 10.1. The van der Waals surface area contributed by atoms with Crippen LogP contribution in [0.15, 0.2) is 30.6 Å². The number of halogens is 2. The number of carbonyl (C=O) groups is 1. The van der Waals surface area contributed by atoms with Crippen LogP contribution in [0.3, 0.4) is 0 Å². The molecule has 1 aromatic heterocycles. The molecule has 1 unspecified atom stereocenters. The fraction of sp³-hybridized carbons (Fsp3) is 0.167. The maximum Gasteiger partial charge on any atom is 0.246 e. The van der Waals surface area contributed by atoms with Gasteiger partial charge in [0.05, 0.1) is 11.9 Å². The summed E-state index contributed by atoms with van der Waals surface area (Å²) in [7, 11) is 1.77. The number of hydrogen-bond donors (Lipinski definition) is 2. The molecule has 0 aliphatic heterocycles. The number of aromatic nitrogens is 2. The summed E-state index contributed by atoms with van der Waals surface area (Å²) in [5.41, 5.74) is 7.25. The van der Waals surface area contributed by atoms with E-state index < -0.39 is 6.04 Å². The van der Waals surface area contributed by atoms with E-state index in [1.807, 2.05) is 0 Å². The molecule has 2 aromatic rings. The molecule has 1 heterocycles. The summed E-state index contributed by atoms with van der Waals surface area (Å²) in [6.45, 7) is 0. The summed E-state index contributed by atoms with van der Waals surface area (Å²) in [5.74, 6) is -0.284. The maximum absolute atomic E-state index is 12.0. The Kier molecular flexibility index (Phi) is 4.43. The van der Waals surface area contributed by atoms with Crippen molar-refractivity contribution in [1.29, 1.82) is 0 Å². The topological polar surface area (TPSA) is 72.9 Å². The van der Waals surface area contributed by atoms with Crippen LogP contribution in [0.25, 0.3) is 0 Å². The van der Waals surface area contributed by atoms with E-state index in [9.17, 15) is 4.79 Å². The number of amides is 1. The smallest absolute Gasteiger partial charge is 0.246 e. The van der Waals surface area contributed by atoms with Crippen LogP contribution >= 0.6 is 34.2 Å². The quantitative estimate of drug-likeness (QED) is 0.790. The fourth-order valence-corrected chi connectivity index (χ4v) is 2.56. The third-order valence-electron chi connectivity index (χ3n) is 2.56. The second-order valence-corrected chi connectivity index (χ2v) is 5.64. The average Bonchev–Trinajstić information content (AvgIpc) is 2.78. The Balaban J connectivity index is 2.12. The number of benzene rings is 1. The van der Waals surface area contributed by atoms with E-state index in [2.05, 4.69) is 33.0 Å². The molecule has 0 aliphatic rings. The van der Waals surface area contributed by atoms with Crippen molar-refractivity contribution in [2.45, 2.75) is 6.04 Å². The van der Waals surface area contributed by atoms with Crippen LogP contribution in [0.4, 0.5) is 5.69 Å². The van der Waals surface area contributed by atoms with Crippen molar-refractivity contribution < 1.29 is 4.79 Å². The molecule has 0 fully saturated rings. The van der Waals surface area contributed by atoms with Gasteiger partial charge in [0.1, 0.15) is 6.04 Å². The van der Waals surface area contributed by atoms with Crippen molar-refractivity contribution in [2.75, 3.05) is 5.32 Å². The summed E-state index contributed by atoms with van der Waals surface area (Å²) < 4.78 is 2.46. The van der Waals surface area contributed by atoms with Crippen molar-refractivity contribution >= 4 is 45.8 Å². The van der Waals surface area contributed by atoms with Crippen LogP contribution in [-0.4, -0.2) is 15.7 Å². The first-order valence-electron chi connectivity index (χ1n) is 5.47. The molecule has 1 amide bonds. The Morgan fingerprint density at radius 3 is 2.89 bits per heavy atom. The number of hydrogen-bond acceptors (Lipinski definition) is 3. The SMILES string of the molecule is Cn1cc(C(N)C(=O)Nc2ccc(Cl)cc2I)cn1. The van der Waals surface area contributed by atoms with Crippen LogP contribution in [-0.2, 0) is 11.8 Å². The first-order valence-corrected chi connectivity index (χ1v) is 6.93. The Morgan fingerprint density at radius 1 is 1.58 bits per heavy atom. The molecule has 1 atom stereocenters. The standard InChI is InChI=1S/C12H12ClIN4O/c1-18-6-7(5-16-18)11(15)12(19)17-10-3-2-8(13)4-9(10)14/h2-6,11H,15H2,1H3,(H,17,19). The normalized spacial score (nSPS) is 12.2. The molecule has 0 bridgehead atoms. The third-order valence-corrected chi connectivity index (χ3v) is 3.68. The third kappa shape index (κ3) is 3.46. The summed E-state index contributed by atoms with van der Waals surface area (Å²) >= 11 is 7.97. The lowest BCUT2D eigenvalue weighted by Gasteiger charge is -2.12. The first kappa shape index (κ1) is 14.3. The van der Waals surface area contributed by atoms with Gasteiger partial charge in [-0.2, -0.15) is 5.10 Å². The van der Waals surface area contributed by atoms with Crippen LogP contribution in [0.2, 0.25) is 5.02 Å². The summed E-state index contributed by atoms with van der Waals surface area (Å²) in [4.78, 5) is 12.0. The summed E-state index contributed by atoms with van der Waals surface area (Å²) in [6, 6.07) is 4.49. The van der Waals surface area contributed by atoms with Crippen LogP contribution in [0.5, 0.6) is 0 Å². The highest BCUT2D eigenvalue weighted by Crippen LogP contribution is 2.23. The van der Waals surface area contributed by atoms with E-state index in [0.29, 0.717) is 16.3 Å². The Labute approximate surface area is 129 Å². The minimum absolute atomic E-state index is 0.284. The Hall–Kier alpha value is -1.12. The maximum atomic E-state index is 12.0. The number of nitrogens with two attached hydrogens (primary N) is 1. The van der Waals surface area contributed by atoms with Crippen LogP contribution < -0.4 is 11.1 Å². The van der Waals surface area contributed by atoms with E-state index >= 15 is 0 Å². The van der Waals surface area contributed by atoms with Crippen molar-refractivity contribution in [2.24, 2.45) is 12.8 Å². The van der Waals surface area contributed by atoms with Crippen molar-refractivity contribution in [1.82, 2.24) is 9.78 Å². The molecule has 3 N–H and O–H groups in total. The predicted octanol–water partition coefficient (Wildman–Crippen LogP) is 2.32. The van der Waals surface area contributed by atoms with E-state index in [0.717, 1.165) is 3.57 Å². The number of nitrogens with zero attached hydrogens (tertiary/aromatic N) is 2. The van der Waals surface area contributed by atoms with Gasteiger partial charge in [-0.3, -0.25) is 9.48 Å². The summed E-state index contributed by atoms with van der Waals surface area (Å²) in [5, 5.41) is 7.40. The number of aryl methyl sites for hydroxylation is 1. The van der Waals surface area contributed by atoms with Gasteiger partial charge in [-0.25, -0.2) is 0 Å². The zero-order valence-corrected chi connectivity index (χ0v) is 13.0. The minimum atomic E-state index is -0.750. The fourth-order valence-electron chi connectivity index (χ4n) is 1.55. The van der Waals surface area contributed by atoms with Crippen molar-refractivity contribution in [3.05, 3.63) is 44.7 Å². The molecular weight excluding hydrogens is 379 g/mol. The molecule has 7 heteroatoms. The van der Waals surface area contributed by atoms with Gasteiger partial charge in [-0.15, -0.1) is 0 Å². The van der Waals surface area contributed by atoms with Gasteiger partial charge < -0.3 is 11.1 Å². The second kappa shape index (κ2) is 5.89. The summed E-state index contributed by atoms with van der Waals surface area (Å²) in [6.07, 6.45) is 3.30. The van der Waals surface area contributed by atoms with E-state index in [1.54, 1.807) is 42.3 Å². The molecule has 5 nitrogen and oxygen atoms in total. The molecule has 100 valence electrons. The molecule has 0 saturated heterocycles.